The summed E-state index contributed by atoms with van der Waals surface area (Å²) in [7, 11) is 0. The Morgan fingerprint density at radius 2 is 1.32 bits per heavy atom. The molecule has 3 aliphatic rings. The number of imide groups is 1. The predicted molar refractivity (Wildman–Crippen MR) is 168 cm³/mol. The zero-order valence-electron chi connectivity index (χ0n) is 21.7. The van der Waals surface area contributed by atoms with Crippen molar-refractivity contribution >= 4 is 66.6 Å². The smallest absolute Gasteiger partial charge is 0.259 e. The Kier molecular flexibility index (Phi) is 6.76. The lowest BCUT2D eigenvalue weighted by atomic mass is 9.78. The number of benzene rings is 4. The molecule has 0 spiro atoms. The molecule has 41 heavy (non-hydrogen) atoms. The second kappa shape index (κ2) is 10.5. The van der Waals surface area contributed by atoms with Gasteiger partial charge in [0.25, 0.3) is 5.91 Å². The van der Waals surface area contributed by atoms with E-state index in [0.29, 0.717) is 17.1 Å². The molecule has 3 heterocycles. The molecule has 8 heteroatoms. The second-order valence-electron chi connectivity index (χ2n) is 10.5. The van der Waals surface area contributed by atoms with Crippen LogP contribution in [0.3, 0.4) is 0 Å². The van der Waals surface area contributed by atoms with Gasteiger partial charge in [0, 0.05) is 32.0 Å². The second-order valence-corrected chi connectivity index (χ2v) is 12.8. The van der Waals surface area contributed by atoms with E-state index in [4.69, 9.17) is 11.6 Å². The summed E-state index contributed by atoms with van der Waals surface area (Å²) in [6.07, 6.45) is 2.90. The maximum Gasteiger partial charge on any atom is 0.259 e. The number of allylic oxidation sites excluding steroid dienone is 1. The number of amides is 2. The number of anilines is 2. The van der Waals surface area contributed by atoms with Gasteiger partial charge >= 0.3 is 0 Å². The first-order chi connectivity index (χ1) is 19.9. The molecule has 0 N–H and O–H groups in total. The molecule has 0 saturated carbocycles. The SMILES string of the molecule is O=C1C2C(c3ccc(Br)cc3)C=C3CC(c4ccc(Br)cc4)N(c4ccccc4)N3C2C(=O)N1c1cccc(Cl)c1. The van der Waals surface area contributed by atoms with Gasteiger partial charge in [0.2, 0.25) is 5.91 Å². The van der Waals surface area contributed by atoms with Crippen molar-refractivity contribution in [2.45, 2.75) is 24.4 Å². The summed E-state index contributed by atoms with van der Waals surface area (Å²) in [4.78, 5) is 30.1. The van der Waals surface area contributed by atoms with Crippen molar-refractivity contribution in [1.29, 1.82) is 0 Å². The van der Waals surface area contributed by atoms with Crippen molar-refractivity contribution in [2.24, 2.45) is 5.92 Å². The minimum atomic E-state index is -0.712. The first kappa shape index (κ1) is 26.5. The third-order valence-corrected chi connectivity index (χ3v) is 9.45. The lowest BCUT2D eigenvalue weighted by molar-refractivity contribution is -0.122. The summed E-state index contributed by atoms with van der Waals surface area (Å²) in [5, 5.41) is 4.77. The van der Waals surface area contributed by atoms with Crippen LogP contribution in [0, 0.1) is 5.92 Å². The summed E-state index contributed by atoms with van der Waals surface area (Å²) >= 11 is 13.4. The molecule has 0 bridgehead atoms. The van der Waals surface area contributed by atoms with E-state index in [2.05, 4.69) is 72.2 Å². The number of para-hydroxylation sites is 1. The third kappa shape index (κ3) is 4.51. The Balaban J connectivity index is 1.42. The topological polar surface area (TPSA) is 43.9 Å². The zero-order valence-corrected chi connectivity index (χ0v) is 25.6. The Hall–Kier alpha value is -3.39. The van der Waals surface area contributed by atoms with Crippen LogP contribution in [0.25, 0.3) is 0 Å². The van der Waals surface area contributed by atoms with Crippen LogP contribution in [0.4, 0.5) is 11.4 Å². The molecular weight excluding hydrogens is 666 g/mol. The normalized spacial score (nSPS) is 23.5. The molecule has 2 amide bonds. The van der Waals surface area contributed by atoms with Crippen molar-refractivity contribution in [2.75, 3.05) is 9.91 Å². The van der Waals surface area contributed by atoms with E-state index in [1.165, 1.54) is 4.90 Å². The van der Waals surface area contributed by atoms with Gasteiger partial charge in [-0.3, -0.25) is 19.6 Å². The number of carbonyl (C=O) groups excluding carboxylic acids is 2. The zero-order chi connectivity index (χ0) is 28.2. The number of hydrazine groups is 1. The van der Waals surface area contributed by atoms with Gasteiger partial charge in [-0.25, -0.2) is 4.90 Å². The standard InChI is InChI=1S/C33H24Br2ClN3O2/c34-22-13-9-20(10-14-22)28-18-27-19-29(21-11-15-23(35)16-12-21)38(25-6-2-1-3-7-25)39(27)31-30(28)32(40)37(33(31)41)26-8-4-5-24(36)17-26/h1-18,28-31H,19H2. The van der Waals surface area contributed by atoms with Crippen molar-refractivity contribution in [3.05, 3.63) is 140 Å². The number of hydrogen-bond acceptors (Lipinski definition) is 4. The van der Waals surface area contributed by atoms with Crippen LogP contribution >= 0.6 is 43.5 Å². The van der Waals surface area contributed by atoms with E-state index in [0.717, 1.165) is 31.5 Å². The highest BCUT2D eigenvalue weighted by Gasteiger charge is 2.60. The van der Waals surface area contributed by atoms with Crippen molar-refractivity contribution in [1.82, 2.24) is 5.01 Å². The minimum absolute atomic E-state index is 0.0517. The number of fused-ring (bicyclic) bond motifs is 3. The maximum absolute atomic E-state index is 14.5. The molecule has 4 aromatic rings. The molecule has 5 nitrogen and oxygen atoms in total. The molecule has 7 rings (SSSR count). The van der Waals surface area contributed by atoms with Crippen LogP contribution < -0.4 is 9.91 Å². The van der Waals surface area contributed by atoms with E-state index < -0.39 is 12.0 Å². The molecule has 4 unspecified atom stereocenters. The molecule has 0 aromatic heterocycles. The first-order valence-corrected chi connectivity index (χ1v) is 15.4. The Morgan fingerprint density at radius 1 is 0.683 bits per heavy atom. The van der Waals surface area contributed by atoms with E-state index in [1.54, 1.807) is 24.3 Å². The molecular formula is C33H24Br2ClN3O2. The first-order valence-electron chi connectivity index (χ1n) is 13.4. The number of carbonyl (C=O) groups is 2. The molecule has 0 aliphatic carbocycles. The van der Waals surface area contributed by atoms with Gasteiger partial charge in [0.1, 0.15) is 6.04 Å². The van der Waals surface area contributed by atoms with E-state index >= 15 is 0 Å². The van der Waals surface area contributed by atoms with Gasteiger partial charge in [-0.05, 0) is 65.7 Å². The highest BCUT2D eigenvalue weighted by Crippen LogP contribution is 2.52. The van der Waals surface area contributed by atoms with Crippen LogP contribution in [0.1, 0.15) is 29.5 Å². The van der Waals surface area contributed by atoms with E-state index in [1.807, 2.05) is 54.6 Å². The van der Waals surface area contributed by atoms with Crippen molar-refractivity contribution < 1.29 is 9.59 Å². The van der Waals surface area contributed by atoms with Gasteiger partial charge in [0.05, 0.1) is 23.3 Å². The van der Waals surface area contributed by atoms with Gasteiger partial charge in [-0.15, -0.1) is 0 Å². The quantitative estimate of drug-likeness (QED) is 0.203. The third-order valence-electron chi connectivity index (χ3n) is 8.16. The van der Waals surface area contributed by atoms with Gasteiger partial charge in [-0.2, -0.15) is 0 Å². The summed E-state index contributed by atoms with van der Waals surface area (Å²) in [5.41, 5.74) is 4.62. The molecule has 4 atom stereocenters. The van der Waals surface area contributed by atoms with E-state index in [9.17, 15) is 9.59 Å². The highest BCUT2D eigenvalue weighted by molar-refractivity contribution is 9.10. The summed E-state index contributed by atoms with van der Waals surface area (Å²) in [5.74, 6) is -1.33. The summed E-state index contributed by atoms with van der Waals surface area (Å²) in [6, 6.07) is 32.7. The van der Waals surface area contributed by atoms with Crippen molar-refractivity contribution in [3.8, 4) is 0 Å². The lowest BCUT2D eigenvalue weighted by Gasteiger charge is -2.43. The van der Waals surface area contributed by atoms with Crippen LogP contribution in [-0.2, 0) is 9.59 Å². The highest BCUT2D eigenvalue weighted by atomic mass is 79.9. The minimum Gasteiger partial charge on any atom is -0.277 e. The van der Waals surface area contributed by atoms with Crippen LogP contribution in [0.2, 0.25) is 5.02 Å². The summed E-state index contributed by atoms with van der Waals surface area (Å²) < 4.78 is 1.97. The molecule has 204 valence electrons. The average Bonchev–Trinajstić information content (AvgIpc) is 3.48. The monoisotopic (exact) mass is 687 g/mol. The maximum atomic E-state index is 14.5. The summed E-state index contributed by atoms with van der Waals surface area (Å²) in [6.45, 7) is 0. The number of rotatable bonds is 4. The van der Waals surface area contributed by atoms with Gasteiger partial charge in [0.15, 0.2) is 0 Å². The molecule has 2 fully saturated rings. The predicted octanol–water partition coefficient (Wildman–Crippen LogP) is 8.27. The molecule has 4 aromatic carbocycles. The molecule has 2 saturated heterocycles. The number of halogens is 3. The fourth-order valence-electron chi connectivity index (χ4n) is 6.41. The van der Waals surface area contributed by atoms with Crippen LogP contribution in [0.5, 0.6) is 0 Å². The Labute approximate surface area is 260 Å². The molecule has 3 aliphatic heterocycles. The number of nitrogens with zero attached hydrogens (tertiary/aromatic N) is 3. The molecule has 0 radical (unpaired) electrons. The fourth-order valence-corrected chi connectivity index (χ4v) is 7.12. The van der Waals surface area contributed by atoms with E-state index in [-0.39, 0.29) is 23.8 Å². The van der Waals surface area contributed by atoms with Gasteiger partial charge < -0.3 is 0 Å². The van der Waals surface area contributed by atoms with Crippen LogP contribution in [0.15, 0.2) is 124 Å². The average molecular weight is 690 g/mol. The van der Waals surface area contributed by atoms with Gasteiger partial charge in [-0.1, -0.05) is 98.1 Å². The Bertz CT molecular complexity index is 1680. The number of hydrogen-bond donors (Lipinski definition) is 0. The van der Waals surface area contributed by atoms with Crippen molar-refractivity contribution in [3.63, 3.8) is 0 Å². The van der Waals surface area contributed by atoms with Crippen LogP contribution in [-0.4, -0.2) is 22.9 Å². The Morgan fingerprint density at radius 3 is 1.98 bits per heavy atom. The lowest BCUT2D eigenvalue weighted by Crippen LogP contribution is -2.53. The largest absolute Gasteiger partial charge is 0.277 e. The fraction of sp³-hybridized carbons (Fsp3) is 0.152.